The molecule has 2 aromatic carbocycles. The van der Waals surface area contributed by atoms with Crippen molar-refractivity contribution in [2.75, 3.05) is 24.6 Å². The Labute approximate surface area is 144 Å². The number of ether oxygens (including phenoxy) is 2. The van der Waals surface area contributed by atoms with E-state index in [1.165, 1.54) is 19.2 Å². The minimum atomic E-state index is -4.09. The monoisotopic (exact) mass is 364 g/mol. The number of hydrogen-bond acceptors (Lipinski definition) is 6. The molecule has 0 aliphatic carbocycles. The number of nitro benzene ring substituents is 1. The smallest absolute Gasteiger partial charge is 0.293 e. The minimum absolute atomic E-state index is 0.00770. The first-order valence-corrected chi connectivity index (χ1v) is 8.90. The maximum absolute atomic E-state index is 12.8. The predicted molar refractivity (Wildman–Crippen MR) is 90.4 cm³/mol. The number of para-hydroxylation sites is 1. The summed E-state index contributed by atoms with van der Waals surface area (Å²) in [6.07, 6.45) is -0.00770. The molecule has 1 heterocycles. The van der Waals surface area contributed by atoms with Crippen molar-refractivity contribution in [1.29, 1.82) is 0 Å². The second kappa shape index (κ2) is 6.69. The third kappa shape index (κ3) is 3.72. The van der Waals surface area contributed by atoms with Gasteiger partial charge in [-0.15, -0.1) is 0 Å². The second-order valence-electron chi connectivity index (χ2n) is 5.46. The first kappa shape index (κ1) is 17.2. The van der Waals surface area contributed by atoms with Crippen LogP contribution in [0.4, 0.5) is 11.4 Å². The van der Waals surface area contributed by atoms with Gasteiger partial charge in [-0.1, -0.05) is 18.2 Å². The molecular weight excluding hydrogens is 348 g/mol. The third-order valence-corrected chi connectivity index (χ3v) is 5.56. The van der Waals surface area contributed by atoms with Gasteiger partial charge in [0.25, 0.3) is 15.7 Å². The average molecular weight is 364 g/mol. The van der Waals surface area contributed by atoms with Crippen LogP contribution in [0.15, 0.2) is 53.4 Å². The molecule has 0 bridgehead atoms. The van der Waals surface area contributed by atoms with Gasteiger partial charge in [-0.3, -0.25) is 14.4 Å². The predicted octanol–water partition coefficient (Wildman–Crippen LogP) is 2.20. The van der Waals surface area contributed by atoms with Crippen molar-refractivity contribution in [3.05, 3.63) is 58.6 Å². The van der Waals surface area contributed by atoms with Gasteiger partial charge in [0.1, 0.15) is 18.5 Å². The molecule has 2 aromatic rings. The fourth-order valence-corrected chi connectivity index (χ4v) is 3.56. The van der Waals surface area contributed by atoms with E-state index in [0.29, 0.717) is 12.3 Å². The molecule has 132 valence electrons. The molecule has 25 heavy (non-hydrogen) atoms. The molecule has 1 atom stereocenters. The Kier molecular flexibility index (Phi) is 4.60. The van der Waals surface area contributed by atoms with Crippen LogP contribution in [-0.4, -0.2) is 39.7 Å². The summed E-state index contributed by atoms with van der Waals surface area (Å²) in [6.45, 7) is 0.865. The van der Waals surface area contributed by atoms with Crippen LogP contribution >= 0.6 is 0 Å². The lowest BCUT2D eigenvalue weighted by Gasteiger charge is -2.19. The number of sulfonamides is 1. The molecule has 0 radical (unpaired) electrons. The van der Waals surface area contributed by atoms with Gasteiger partial charge in [-0.25, -0.2) is 8.42 Å². The van der Waals surface area contributed by atoms with Crippen molar-refractivity contribution in [2.24, 2.45) is 0 Å². The zero-order chi connectivity index (χ0) is 18.0. The zero-order valence-electron chi connectivity index (χ0n) is 13.4. The van der Waals surface area contributed by atoms with E-state index in [0.717, 1.165) is 10.4 Å². The highest BCUT2D eigenvalue weighted by molar-refractivity contribution is 7.93. The van der Waals surface area contributed by atoms with Crippen LogP contribution in [0.3, 0.4) is 0 Å². The number of epoxide rings is 1. The summed E-state index contributed by atoms with van der Waals surface area (Å²) in [5, 5.41) is 11.4. The molecule has 1 fully saturated rings. The molecule has 1 unspecified atom stereocenters. The van der Waals surface area contributed by atoms with Crippen LogP contribution in [0.1, 0.15) is 0 Å². The number of anilines is 1. The lowest BCUT2D eigenvalue weighted by atomic mass is 10.3. The van der Waals surface area contributed by atoms with Crippen molar-refractivity contribution >= 4 is 21.4 Å². The largest absolute Gasteiger partial charge is 0.491 e. The van der Waals surface area contributed by atoms with Gasteiger partial charge in [-0.05, 0) is 24.3 Å². The summed E-state index contributed by atoms with van der Waals surface area (Å²) >= 11 is 0. The first-order valence-electron chi connectivity index (χ1n) is 7.46. The molecule has 1 aliphatic rings. The van der Waals surface area contributed by atoms with Crippen molar-refractivity contribution in [2.45, 2.75) is 11.0 Å². The zero-order valence-corrected chi connectivity index (χ0v) is 14.2. The third-order valence-electron chi connectivity index (χ3n) is 3.72. The van der Waals surface area contributed by atoms with Crippen LogP contribution in [0.2, 0.25) is 0 Å². The number of benzene rings is 2. The summed E-state index contributed by atoms with van der Waals surface area (Å²) in [6, 6.07) is 12.1. The Hall–Kier alpha value is -2.65. The highest BCUT2D eigenvalue weighted by atomic mass is 32.2. The lowest BCUT2D eigenvalue weighted by molar-refractivity contribution is -0.387. The fourth-order valence-electron chi connectivity index (χ4n) is 2.23. The summed E-state index contributed by atoms with van der Waals surface area (Å²) in [5.41, 5.74) is -0.125. The van der Waals surface area contributed by atoms with E-state index in [1.54, 1.807) is 30.3 Å². The second-order valence-corrected chi connectivity index (χ2v) is 7.40. The molecular formula is C16H16N2O6S. The molecule has 1 saturated heterocycles. The van der Waals surface area contributed by atoms with Gasteiger partial charge >= 0.3 is 0 Å². The van der Waals surface area contributed by atoms with Crippen LogP contribution in [0.25, 0.3) is 0 Å². The SMILES string of the molecule is CN(c1ccccc1)S(=O)(=O)c1ccc(OCC2CO2)cc1[N+](=O)[O-]. The number of nitro groups is 1. The molecule has 0 amide bonds. The van der Waals surface area contributed by atoms with Gasteiger partial charge in [-0.2, -0.15) is 0 Å². The fraction of sp³-hybridized carbons (Fsp3) is 0.250. The molecule has 1 aliphatic heterocycles. The van der Waals surface area contributed by atoms with E-state index < -0.39 is 20.6 Å². The van der Waals surface area contributed by atoms with Gasteiger partial charge in [0.2, 0.25) is 0 Å². The van der Waals surface area contributed by atoms with Crippen molar-refractivity contribution in [3.8, 4) is 5.75 Å². The van der Waals surface area contributed by atoms with Crippen LogP contribution in [0, 0.1) is 10.1 Å². The van der Waals surface area contributed by atoms with E-state index in [4.69, 9.17) is 9.47 Å². The maximum Gasteiger partial charge on any atom is 0.293 e. The van der Waals surface area contributed by atoms with Crippen molar-refractivity contribution < 1.29 is 22.8 Å². The highest BCUT2D eigenvalue weighted by Crippen LogP contribution is 2.32. The lowest BCUT2D eigenvalue weighted by Crippen LogP contribution is -2.27. The summed E-state index contributed by atoms with van der Waals surface area (Å²) < 4.78 is 37.0. The van der Waals surface area contributed by atoms with Gasteiger partial charge in [0, 0.05) is 7.05 Å². The normalized spacial score (nSPS) is 16.3. The summed E-state index contributed by atoms with van der Waals surface area (Å²) in [4.78, 5) is 10.3. The molecule has 3 rings (SSSR count). The molecule has 0 spiro atoms. The van der Waals surface area contributed by atoms with E-state index >= 15 is 0 Å². The molecule has 0 saturated carbocycles. The Morgan fingerprint density at radius 2 is 1.96 bits per heavy atom. The van der Waals surface area contributed by atoms with Gasteiger partial charge in [0.05, 0.1) is 23.3 Å². The number of hydrogen-bond donors (Lipinski definition) is 0. The number of rotatable bonds is 7. The maximum atomic E-state index is 12.8. The molecule has 9 heteroatoms. The Morgan fingerprint density at radius 3 is 2.56 bits per heavy atom. The molecule has 0 aromatic heterocycles. The standard InChI is InChI=1S/C16H16N2O6S/c1-17(12-5-3-2-4-6-12)25(21,22)16-8-7-13(9-15(16)18(19)20)23-10-14-11-24-14/h2-9,14H,10-11H2,1H3. The first-order chi connectivity index (χ1) is 11.9. The van der Waals surface area contributed by atoms with Crippen molar-refractivity contribution in [3.63, 3.8) is 0 Å². The topological polar surface area (TPSA) is 102 Å². The summed E-state index contributed by atoms with van der Waals surface area (Å²) in [5.74, 6) is 0.225. The van der Waals surface area contributed by atoms with Crippen LogP contribution in [0.5, 0.6) is 5.75 Å². The quantitative estimate of drug-likeness (QED) is 0.424. The Bertz CT molecular complexity index is 881. The van der Waals surface area contributed by atoms with Crippen molar-refractivity contribution in [1.82, 2.24) is 0 Å². The Morgan fingerprint density at radius 1 is 1.28 bits per heavy atom. The van der Waals surface area contributed by atoms with E-state index in [1.807, 2.05) is 0 Å². The highest BCUT2D eigenvalue weighted by Gasteiger charge is 2.31. The van der Waals surface area contributed by atoms with E-state index in [9.17, 15) is 18.5 Å². The molecule has 0 N–H and O–H groups in total. The van der Waals surface area contributed by atoms with E-state index in [2.05, 4.69) is 0 Å². The summed E-state index contributed by atoms with van der Waals surface area (Å²) in [7, 11) is -2.74. The Balaban J connectivity index is 1.95. The van der Waals surface area contributed by atoms with E-state index in [-0.39, 0.29) is 23.4 Å². The van der Waals surface area contributed by atoms with Gasteiger partial charge < -0.3 is 9.47 Å². The van der Waals surface area contributed by atoms with Crippen LogP contribution in [-0.2, 0) is 14.8 Å². The minimum Gasteiger partial charge on any atom is -0.491 e. The van der Waals surface area contributed by atoms with Crippen LogP contribution < -0.4 is 9.04 Å². The van der Waals surface area contributed by atoms with Gasteiger partial charge in [0.15, 0.2) is 4.90 Å². The average Bonchev–Trinajstić information content (AvgIpc) is 3.44. The molecule has 8 nitrogen and oxygen atoms in total. The number of nitrogens with zero attached hydrogens (tertiary/aromatic N) is 2.